The van der Waals surface area contributed by atoms with Gasteiger partial charge < -0.3 is 14.9 Å². The van der Waals surface area contributed by atoms with E-state index in [4.69, 9.17) is 0 Å². The lowest BCUT2D eigenvalue weighted by Crippen LogP contribution is -2.36. The topological polar surface area (TPSA) is 102 Å². The average Bonchev–Trinajstić information content (AvgIpc) is 3.04. The van der Waals surface area contributed by atoms with Crippen molar-refractivity contribution in [1.82, 2.24) is 24.6 Å². The van der Waals surface area contributed by atoms with Gasteiger partial charge in [-0.15, -0.1) is 0 Å². The summed E-state index contributed by atoms with van der Waals surface area (Å²) in [7, 11) is 1.91. The molecule has 2 heterocycles. The minimum absolute atomic E-state index is 0.0747. The van der Waals surface area contributed by atoms with Crippen LogP contribution in [0.4, 0.5) is 0 Å². The van der Waals surface area contributed by atoms with Crippen LogP contribution in [0.1, 0.15) is 47.4 Å². The Morgan fingerprint density at radius 3 is 2.96 bits per heavy atom. The Kier molecular flexibility index (Phi) is 4.18. The van der Waals surface area contributed by atoms with Gasteiger partial charge in [0.2, 0.25) is 0 Å². The third-order valence-electron chi connectivity index (χ3n) is 5.23. The van der Waals surface area contributed by atoms with Gasteiger partial charge in [0.1, 0.15) is 0 Å². The van der Waals surface area contributed by atoms with Crippen molar-refractivity contribution >= 4 is 16.9 Å². The molecular weight excluding hydrogens is 346 g/mol. The van der Waals surface area contributed by atoms with Gasteiger partial charge in [0, 0.05) is 30.4 Å². The fourth-order valence-electron chi connectivity index (χ4n) is 3.83. The first-order valence-corrected chi connectivity index (χ1v) is 9.08. The van der Waals surface area contributed by atoms with Crippen LogP contribution in [0, 0.1) is 0 Å². The summed E-state index contributed by atoms with van der Waals surface area (Å²) < 4.78 is 3.26. The van der Waals surface area contributed by atoms with Crippen LogP contribution in [0.5, 0.6) is 0 Å². The Hall–Kier alpha value is -3.16. The second-order valence-corrected chi connectivity index (χ2v) is 6.82. The van der Waals surface area contributed by atoms with Gasteiger partial charge >= 0.3 is 11.1 Å². The van der Waals surface area contributed by atoms with E-state index in [0.29, 0.717) is 23.1 Å². The van der Waals surface area contributed by atoms with E-state index in [1.54, 1.807) is 25.1 Å². The lowest BCUT2D eigenvalue weighted by atomic mass is 9.92. The fraction of sp³-hybridized carbons (Fsp3) is 0.368. The number of benzene rings is 1. The van der Waals surface area contributed by atoms with Gasteiger partial charge in [0.15, 0.2) is 0 Å². The molecule has 0 radical (unpaired) electrons. The van der Waals surface area contributed by atoms with E-state index in [1.807, 2.05) is 17.9 Å². The summed E-state index contributed by atoms with van der Waals surface area (Å²) in [5, 5.41) is 7.37. The second-order valence-electron chi connectivity index (χ2n) is 6.82. The third-order valence-corrected chi connectivity index (χ3v) is 5.23. The third kappa shape index (κ3) is 2.87. The van der Waals surface area contributed by atoms with Crippen LogP contribution in [-0.2, 0) is 20.0 Å². The molecule has 1 aromatic carbocycles. The molecule has 3 aromatic rings. The molecule has 1 atom stereocenters. The zero-order valence-corrected chi connectivity index (χ0v) is 15.3. The summed E-state index contributed by atoms with van der Waals surface area (Å²) in [6, 6.07) is 4.91. The van der Waals surface area contributed by atoms with Crippen LogP contribution >= 0.6 is 0 Å². The maximum absolute atomic E-state index is 12.8. The highest BCUT2D eigenvalue weighted by Crippen LogP contribution is 2.29. The predicted octanol–water partition coefficient (Wildman–Crippen LogP) is 1.25. The van der Waals surface area contributed by atoms with Crippen LogP contribution < -0.4 is 16.4 Å². The van der Waals surface area contributed by atoms with E-state index in [9.17, 15) is 14.4 Å². The van der Waals surface area contributed by atoms with Crippen LogP contribution in [0.3, 0.4) is 0 Å². The number of H-pyrrole nitrogens is 1. The molecule has 2 aromatic heterocycles. The van der Waals surface area contributed by atoms with Crippen molar-refractivity contribution in [1.29, 1.82) is 0 Å². The molecule has 0 saturated carbocycles. The molecule has 0 saturated heterocycles. The molecule has 0 unspecified atom stereocenters. The van der Waals surface area contributed by atoms with Crippen molar-refractivity contribution < 1.29 is 4.79 Å². The van der Waals surface area contributed by atoms with Crippen LogP contribution in [-0.4, -0.2) is 25.2 Å². The largest absolute Gasteiger partial charge is 0.345 e. The number of nitrogens with zero attached hydrogens (tertiary/aromatic N) is 3. The van der Waals surface area contributed by atoms with Crippen molar-refractivity contribution in [2.24, 2.45) is 7.05 Å². The van der Waals surface area contributed by atoms with Gasteiger partial charge in [0.05, 0.1) is 23.3 Å². The molecular formula is C19H21N5O3. The lowest BCUT2D eigenvalue weighted by molar-refractivity contribution is 0.0932. The van der Waals surface area contributed by atoms with Gasteiger partial charge in [-0.3, -0.25) is 19.1 Å². The number of aryl methyl sites for hydroxylation is 2. The zero-order chi connectivity index (χ0) is 19.1. The van der Waals surface area contributed by atoms with Gasteiger partial charge in [-0.05, 0) is 44.4 Å². The van der Waals surface area contributed by atoms with Gasteiger partial charge in [-0.1, -0.05) is 0 Å². The Labute approximate surface area is 154 Å². The first-order chi connectivity index (χ1) is 13.0. The maximum atomic E-state index is 12.8. The molecule has 8 heteroatoms. The van der Waals surface area contributed by atoms with E-state index in [-0.39, 0.29) is 11.9 Å². The minimum atomic E-state index is -0.686. The smallest absolute Gasteiger partial charge is 0.316 e. The van der Waals surface area contributed by atoms with Crippen molar-refractivity contribution in [2.45, 2.75) is 38.8 Å². The Morgan fingerprint density at radius 2 is 2.19 bits per heavy atom. The van der Waals surface area contributed by atoms with Gasteiger partial charge in [0.25, 0.3) is 5.91 Å². The summed E-state index contributed by atoms with van der Waals surface area (Å²) in [6.07, 6.45) is 4.64. The van der Waals surface area contributed by atoms with Gasteiger partial charge in [-0.2, -0.15) is 5.10 Å². The zero-order valence-electron chi connectivity index (χ0n) is 15.3. The summed E-state index contributed by atoms with van der Waals surface area (Å²) in [4.78, 5) is 39.1. The van der Waals surface area contributed by atoms with Gasteiger partial charge in [-0.25, -0.2) is 0 Å². The summed E-state index contributed by atoms with van der Waals surface area (Å²) >= 11 is 0. The average molecular weight is 367 g/mol. The van der Waals surface area contributed by atoms with Crippen LogP contribution in [0.25, 0.3) is 11.0 Å². The summed E-state index contributed by atoms with van der Waals surface area (Å²) in [5.74, 6) is -0.214. The first-order valence-electron chi connectivity index (χ1n) is 9.08. The van der Waals surface area contributed by atoms with E-state index in [2.05, 4.69) is 15.4 Å². The maximum Gasteiger partial charge on any atom is 0.316 e. The monoisotopic (exact) mass is 367 g/mol. The minimum Gasteiger partial charge on any atom is -0.345 e. The number of aromatic amines is 1. The predicted molar refractivity (Wildman–Crippen MR) is 101 cm³/mol. The molecule has 2 N–H and O–H groups in total. The summed E-state index contributed by atoms with van der Waals surface area (Å²) in [5.41, 5.74) is 2.45. The molecule has 1 aliphatic rings. The molecule has 1 amide bonds. The van der Waals surface area contributed by atoms with Crippen molar-refractivity contribution in [3.63, 3.8) is 0 Å². The Balaban J connectivity index is 1.67. The van der Waals surface area contributed by atoms with Crippen molar-refractivity contribution in [3.05, 3.63) is 61.9 Å². The standard InChI is InChI=1S/C19H21N5O3/c1-3-24-16-8-7-11(9-14(16)22-18(26)19(24)27)17(25)21-13-5-4-6-15-12(13)10-20-23(15)2/h7-10,13H,3-6H2,1-2H3,(H,21,25)(H,22,26)/t13-/m0/s1. The number of hydrogen-bond acceptors (Lipinski definition) is 4. The highest BCUT2D eigenvalue weighted by atomic mass is 16.2. The molecule has 0 fully saturated rings. The number of amides is 1. The Morgan fingerprint density at radius 1 is 1.37 bits per heavy atom. The number of nitrogens with one attached hydrogen (secondary N) is 2. The quantitative estimate of drug-likeness (QED) is 0.680. The van der Waals surface area contributed by atoms with Crippen LogP contribution in [0.2, 0.25) is 0 Å². The number of rotatable bonds is 3. The molecule has 1 aliphatic carbocycles. The van der Waals surface area contributed by atoms with Crippen molar-refractivity contribution in [2.75, 3.05) is 0 Å². The number of fused-ring (bicyclic) bond motifs is 2. The highest BCUT2D eigenvalue weighted by molar-refractivity contribution is 5.97. The molecule has 27 heavy (non-hydrogen) atoms. The highest BCUT2D eigenvalue weighted by Gasteiger charge is 2.25. The number of hydrogen-bond donors (Lipinski definition) is 2. The van der Waals surface area contributed by atoms with E-state index < -0.39 is 11.1 Å². The van der Waals surface area contributed by atoms with E-state index in [0.717, 1.165) is 30.5 Å². The summed E-state index contributed by atoms with van der Waals surface area (Å²) in [6.45, 7) is 2.19. The van der Waals surface area contributed by atoms with Crippen molar-refractivity contribution in [3.8, 4) is 0 Å². The molecule has 140 valence electrons. The fourth-order valence-corrected chi connectivity index (χ4v) is 3.83. The molecule has 0 spiro atoms. The molecule has 4 rings (SSSR count). The second kappa shape index (κ2) is 6.53. The lowest BCUT2D eigenvalue weighted by Gasteiger charge is -2.24. The van der Waals surface area contributed by atoms with Crippen LogP contribution in [0.15, 0.2) is 34.0 Å². The first kappa shape index (κ1) is 17.3. The normalized spacial score (nSPS) is 16.3. The van der Waals surface area contributed by atoms with E-state index >= 15 is 0 Å². The number of aromatic nitrogens is 4. The Bertz CT molecular complexity index is 1150. The molecule has 8 nitrogen and oxygen atoms in total. The SMILES string of the molecule is CCn1c(=O)c(=O)[nH]c2cc(C(=O)N[C@H]3CCCc4c3cnn4C)ccc21. The molecule has 0 aliphatic heterocycles. The number of carbonyl (C=O) groups excluding carboxylic acids is 1. The van der Waals surface area contributed by atoms with E-state index in [1.165, 1.54) is 4.57 Å². The molecule has 0 bridgehead atoms. The number of carbonyl (C=O) groups is 1.